The van der Waals surface area contributed by atoms with Crippen LogP contribution < -0.4 is 5.32 Å². The van der Waals surface area contributed by atoms with Crippen molar-refractivity contribution in [2.45, 2.75) is 0 Å². The van der Waals surface area contributed by atoms with Gasteiger partial charge in [0, 0.05) is 29.7 Å². The lowest BCUT2D eigenvalue weighted by atomic mass is 10.2. The Labute approximate surface area is 178 Å². The van der Waals surface area contributed by atoms with Crippen LogP contribution in [0.3, 0.4) is 0 Å². The van der Waals surface area contributed by atoms with Crippen LogP contribution in [0, 0.1) is 10.1 Å². The van der Waals surface area contributed by atoms with Crippen molar-refractivity contribution in [3.8, 4) is 0 Å². The topological polar surface area (TPSA) is 110 Å². The van der Waals surface area contributed by atoms with Gasteiger partial charge in [-0.3, -0.25) is 29.4 Å². The number of thioether (sulfide) groups is 1. The van der Waals surface area contributed by atoms with Gasteiger partial charge >= 0.3 is 0 Å². The van der Waals surface area contributed by atoms with Crippen molar-refractivity contribution in [2.24, 2.45) is 0 Å². The zero-order chi connectivity index (χ0) is 21.0. The Bertz CT molecular complexity index is 1020. The van der Waals surface area contributed by atoms with Gasteiger partial charge in [-0.2, -0.15) is 0 Å². The van der Waals surface area contributed by atoms with E-state index in [0.29, 0.717) is 15.6 Å². The van der Waals surface area contributed by atoms with Crippen molar-refractivity contribution >= 4 is 56.5 Å². The minimum atomic E-state index is -0.514. The normalized spacial score (nSPS) is 15.1. The molecule has 2 aromatic carbocycles. The van der Waals surface area contributed by atoms with E-state index in [-0.39, 0.29) is 29.6 Å². The summed E-state index contributed by atoms with van der Waals surface area (Å²) in [6.07, 6.45) is 1.51. The highest BCUT2D eigenvalue weighted by atomic mass is 79.9. The predicted octanol–water partition coefficient (Wildman–Crippen LogP) is 3.82. The highest BCUT2D eigenvalue weighted by Gasteiger charge is 2.34. The number of nitrogens with one attached hydrogen (secondary N) is 1. The number of non-ortho nitro benzene ring substituents is 1. The quantitative estimate of drug-likeness (QED) is 0.386. The number of hydrogen-bond donors (Lipinski definition) is 1. The van der Waals surface area contributed by atoms with Crippen LogP contribution in [0.4, 0.5) is 10.5 Å². The Kier molecular flexibility index (Phi) is 6.45. The van der Waals surface area contributed by atoms with E-state index >= 15 is 0 Å². The Hall–Kier alpha value is -2.98. The van der Waals surface area contributed by atoms with E-state index in [1.54, 1.807) is 24.3 Å². The molecule has 0 bridgehead atoms. The van der Waals surface area contributed by atoms with Crippen molar-refractivity contribution in [1.29, 1.82) is 0 Å². The van der Waals surface area contributed by atoms with Crippen LogP contribution >= 0.6 is 27.7 Å². The molecule has 0 aromatic heterocycles. The molecule has 10 heteroatoms. The maximum Gasteiger partial charge on any atom is 0.293 e. The second-order valence-corrected chi connectivity index (χ2v) is 7.77. The second-order valence-electron chi connectivity index (χ2n) is 5.92. The molecule has 1 heterocycles. The van der Waals surface area contributed by atoms with Crippen molar-refractivity contribution in [3.05, 3.63) is 79.2 Å². The lowest BCUT2D eigenvalue weighted by Crippen LogP contribution is -2.37. The van der Waals surface area contributed by atoms with Crippen LogP contribution in [0.15, 0.2) is 57.9 Å². The number of amides is 3. The number of nitrogens with zero attached hydrogens (tertiary/aromatic N) is 2. The maximum atomic E-state index is 12.5. The molecule has 3 amide bonds. The molecule has 2 aromatic rings. The smallest absolute Gasteiger partial charge is 0.293 e. The molecular formula is C19H14BrN3O5S. The molecule has 0 radical (unpaired) electrons. The van der Waals surface area contributed by atoms with Gasteiger partial charge in [0.15, 0.2) is 0 Å². The van der Waals surface area contributed by atoms with E-state index in [2.05, 4.69) is 21.2 Å². The van der Waals surface area contributed by atoms with Crippen LogP contribution in [-0.2, 0) is 4.79 Å². The fourth-order valence-corrected chi connectivity index (χ4v) is 3.89. The molecule has 29 heavy (non-hydrogen) atoms. The molecular weight excluding hydrogens is 462 g/mol. The Morgan fingerprint density at radius 2 is 1.86 bits per heavy atom. The van der Waals surface area contributed by atoms with Gasteiger partial charge in [-0.15, -0.1) is 0 Å². The molecule has 3 rings (SSSR count). The zero-order valence-electron chi connectivity index (χ0n) is 14.8. The van der Waals surface area contributed by atoms with Crippen molar-refractivity contribution in [3.63, 3.8) is 0 Å². The van der Waals surface area contributed by atoms with Gasteiger partial charge in [0.2, 0.25) is 0 Å². The van der Waals surface area contributed by atoms with Gasteiger partial charge in [-0.05, 0) is 63.6 Å². The summed E-state index contributed by atoms with van der Waals surface area (Å²) in [4.78, 5) is 48.3. The van der Waals surface area contributed by atoms with E-state index in [1.165, 1.54) is 30.3 Å². The Balaban J connectivity index is 1.61. The lowest BCUT2D eigenvalue weighted by molar-refractivity contribution is -0.384. The van der Waals surface area contributed by atoms with Crippen molar-refractivity contribution in [2.75, 3.05) is 13.1 Å². The number of imide groups is 1. The fraction of sp³-hybridized carbons (Fsp3) is 0.105. The van der Waals surface area contributed by atoms with E-state index < -0.39 is 16.1 Å². The molecule has 0 spiro atoms. The molecule has 1 saturated heterocycles. The van der Waals surface area contributed by atoms with Crippen molar-refractivity contribution in [1.82, 2.24) is 10.2 Å². The summed E-state index contributed by atoms with van der Waals surface area (Å²) in [5.41, 5.74) is 0.971. The van der Waals surface area contributed by atoms with Gasteiger partial charge < -0.3 is 5.32 Å². The standard InChI is InChI=1S/C19H14BrN3O5S/c20-15-4-2-1-3-14(15)17(24)21-9-10-22-18(25)16(29-19(22)26)11-12-5-7-13(8-6-12)23(27)28/h1-8,11H,9-10H2,(H,21,24)/b16-11-. The van der Waals surface area contributed by atoms with E-state index in [0.717, 1.165) is 16.7 Å². The molecule has 1 N–H and O–H groups in total. The van der Waals surface area contributed by atoms with Gasteiger partial charge in [0.1, 0.15) is 0 Å². The predicted molar refractivity (Wildman–Crippen MR) is 112 cm³/mol. The summed E-state index contributed by atoms with van der Waals surface area (Å²) in [5, 5.41) is 12.9. The number of hydrogen-bond acceptors (Lipinski definition) is 6. The van der Waals surface area contributed by atoms with E-state index in [1.807, 2.05) is 0 Å². The van der Waals surface area contributed by atoms with Crippen LogP contribution in [0.1, 0.15) is 15.9 Å². The van der Waals surface area contributed by atoms with Gasteiger partial charge in [-0.1, -0.05) is 12.1 Å². The summed E-state index contributed by atoms with van der Waals surface area (Å²) in [6, 6.07) is 12.6. The van der Waals surface area contributed by atoms with Gasteiger partial charge in [-0.25, -0.2) is 0 Å². The van der Waals surface area contributed by atoms with Crippen LogP contribution in [-0.4, -0.2) is 40.0 Å². The van der Waals surface area contributed by atoms with E-state index in [4.69, 9.17) is 0 Å². The summed E-state index contributed by atoms with van der Waals surface area (Å²) in [6.45, 7) is 0.154. The number of rotatable bonds is 6. The molecule has 1 aliphatic rings. The third kappa shape index (κ3) is 4.90. The Morgan fingerprint density at radius 3 is 2.52 bits per heavy atom. The maximum absolute atomic E-state index is 12.5. The first kappa shape index (κ1) is 20.7. The third-order valence-electron chi connectivity index (χ3n) is 4.01. The van der Waals surface area contributed by atoms with Gasteiger partial charge in [0.25, 0.3) is 22.7 Å². The molecule has 0 unspecified atom stereocenters. The molecule has 1 fully saturated rings. The number of nitro groups is 1. The SMILES string of the molecule is O=C(NCCN1C(=O)S/C(=C\c2ccc([N+](=O)[O-])cc2)C1=O)c1ccccc1Br. The minimum Gasteiger partial charge on any atom is -0.350 e. The molecule has 0 saturated carbocycles. The third-order valence-corrected chi connectivity index (χ3v) is 5.61. The first-order valence-corrected chi connectivity index (χ1v) is 10.0. The second kappa shape index (κ2) is 9.01. The highest BCUT2D eigenvalue weighted by Crippen LogP contribution is 2.32. The fourth-order valence-electron chi connectivity index (χ4n) is 2.56. The summed E-state index contributed by atoms with van der Waals surface area (Å²) in [7, 11) is 0. The van der Waals surface area contributed by atoms with Crippen LogP contribution in [0.2, 0.25) is 0 Å². The summed E-state index contributed by atoms with van der Waals surface area (Å²) in [5.74, 6) is -0.778. The molecule has 1 aliphatic heterocycles. The number of carbonyl (C=O) groups is 3. The number of benzene rings is 2. The van der Waals surface area contributed by atoms with Crippen LogP contribution in [0.5, 0.6) is 0 Å². The van der Waals surface area contributed by atoms with E-state index in [9.17, 15) is 24.5 Å². The molecule has 8 nitrogen and oxygen atoms in total. The monoisotopic (exact) mass is 475 g/mol. The zero-order valence-corrected chi connectivity index (χ0v) is 17.2. The number of nitro benzene ring substituents is 1. The average Bonchev–Trinajstić information content (AvgIpc) is 2.96. The number of halogens is 1. The molecule has 0 aliphatic carbocycles. The van der Waals surface area contributed by atoms with Crippen molar-refractivity contribution < 1.29 is 19.3 Å². The summed E-state index contributed by atoms with van der Waals surface area (Å²) < 4.78 is 0.648. The largest absolute Gasteiger partial charge is 0.350 e. The molecule has 148 valence electrons. The van der Waals surface area contributed by atoms with Gasteiger partial charge in [0.05, 0.1) is 15.4 Å². The minimum absolute atomic E-state index is 0.0401. The number of carbonyl (C=O) groups excluding carboxylic acids is 3. The average molecular weight is 476 g/mol. The first-order valence-electron chi connectivity index (χ1n) is 8.39. The van der Waals surface area contributed by atoms with Crippen LogP contribution in [0.25, 0.3) is 6.08 Å². The Morgan fingerprint density at radius 1 is 1.17 bits per heavy atom. The summed E-state index contributed by atoms with van der Waals surface area (Å²) >= 11 is 4.09. The molecule has 0 atom stereocenters. The lowest BCUT2D eigenvalue weighted by Gasteiger charge is -2.13. The highest BCUT2D eigenvalue weighted by molar-refractivity contribution is 9.10. The first-order chi connectivity index (χ1) is 13.9.